The van der Waals surface area contributed by atoms with E-state index in [4.69, 9.17) is 5.11 Å². The van der Waals surface area contributed by atoms with Crippen LogP contribution < -0.4 is 0 Å². The Hall–Kier alpha value is -1.90. The van der Waals surface area contributed by atoms with Crippen molar-refractivity contribution in [3.63, 3.8) is 0 Å². The molecule has 1 fully saturated rings. The van der Waals surface area contributed by atoms with E-state index < -0.39 is 41.7 Å². The number of ketones is 1. The number of unbranched alkanes of at least 4 members (excludes halogenated alkanes) is 3. The van der Waals surface area contributed by atoms with Crippen molar-refractivity contribution in [2.75, 3.05) is 0 Å². The zero-order valence-electron chi connectivity index (χ0n) is 16.8. The molecule has 1 unspecified atom stereocenters. The second-order valence-corrected chi connectivity index (χ2v) is 8.16. The predicted molar refractivity (Wildman–Crippen MR) is 105 cm³/mol. The molecule has 0 spiro atoms. The maximum absolute atomic E-state index is 13.3. The van der Waals surface area contributed by atoms with E-state index in [-0.39, 0.29) is 36.7 Å². The van der Waals surface area contributed by atoms with Crippen LogP contribution in [-0.2, 0) is 4.79 Å². The average Bonchev–Trinajstić information content (AvgIpc) is 2.93. The van der Waals surface area contributed by atoms with Gasteiger partial charge in [0, 0.05) is 18.1 Å². The zero-order chi connectivity index (χ0) is 22.3. The number of aliphatic carboxylic acids is 1. The summed E-state index contributed by atoms with van der Waals surface area (Å²) in [6.45, 7) is 0. The molecule has 0 aliphatic heterocycles. The molecule has 0 amide bonds. The Morgan fingerprint density at radius 1 is 0.933 bits per heavy atom. The van der Waals surface area contributed by atoms with Crippen LogP contribution in [0.5, 0.6) is 0 Å². The number of carbonyl (C=O) groups is 2. The Balaban J connectivity index is 1.85. The monoisotopic (exact) mass is 428 g/mol. The minimum atomic E-state index is -1.45. The topological polar surface area (TPSA) is 115 Å². The van der Waals surface area contributed by atoms with Gasteiger partial charge in [0.15, 0.2) is 5.78 Å². The number of carboxylic acids is 1. The number of carbonyl (C=O) groups excluding carboxylic acids is 1. The summed E-state index contributed by atoms with van der Waals surface area (Å²) in [6.07, 6.45) is 1.46. The van der Waals surface area contributed by atoms with Gasteiger partial charge >= 0.3 is 5.97 Å². The van der Waals surface area contributed by atoms with Crippen molar-refractivity contribution >= 4 is 11.8 Å². The summed E-state index contributed by atoms with van der Waals surface area (Å²) in [5.74, 6) is -3.86. The third-order valence-corrected chi connectivity index (χ3v) is 5.92. The van der Waals surface area contributed by atoms with Gasteiger partial charge in [-0.2, -0.15) is 0 Å². The number of Topliss-reactive ketones (excluding diaryl/α,β-unsaturated/α-hetero) is 1. The molecule has 0 aromatic heterocycles. The molecule has 0 heterocycles. The van der Waals surface area contributed by atoms with Crippen LogP contribution in [0, 0.1) is 23.5 Å². The smallest absolute Gasteiger partial charge is 0.303 e. The number of benzene rings is 1. The second-order valence-electron chi connectivity index (χ2n) is 8.16. The predicted octanol–water partition coefficient (Wildman–Crippen LogP) is 3.07. The fourth-order valence-corrected chi connectivity index (χ4v) is 4.36. The lowest BCUT2D eigenvalue weighted by Gasteiger charge is -2.24. The van der Waals surface area contributed by atoms with Gasteiger partial charge in [0.2, 0.25) is 0 Å². The van der Waals surface area contributed by atoms with Crippen LogP contribution in [0.3, 0.4) is 0 Å². The van der Waals surface area contributed by atoms with Gasteiger partial charge in [0.1, 0.15) is 17.7 Å². The number of carboxylic acid groups (broad SMARTS) is 1. The van der Waals surface area contributed by atoms with Gasteiger partial charge in [-0.25, -0.2) is 8.78 Å². The maximum atomic E-state index is 13.3. The van der Waals surface area contributed by atoms with Crippen LogP contribution >= 0.6 is 0 Å². The molecule has 0 radical (unpaired) electrons. The first-order valence-corrected chi connectivity index (χ1v) is 10.4. The highest BCUT2D eigenvalue weighted by molar-refractivity contribution is 5.99. The molecule has 6 nitrogen and oxygen atoms in total. The highest BCUT2D eigenvalue weighted by atomic mass is 19.1. The van der Waals surface area contributed by atoms with Crippen LogP contribution in [0.4, 0.5) is 8.78 Å². The molecular weight excluding hydrogens is 398 g/mol. The largest absolute Gasteiger partial charge is 0.481 e. The van der Waals surface area contributed by atoms with Crippen molar-refractivity contribution in [2.45, 2.75) is 76.1 Å². The van der Waals surface area contributed by atoms with Gasteiger partial charge < -0.3 is 20.4 Å². The number of rotatable bonds is 12. The molecule has 1 aromatic rings. The number of hydrogen-bond acceptors (Lipinski definition) is 5. The summed E-state index contributed by atoms with van der Waals surface area (Å²) in [7, 11) is 0. The molecular formula is C22H30F2O6. The average molecular weight is 428 g/mol. The van der Waals surface area contributed by atoms with Gasteiger partial charge in [0.25, 0.3) is 0 Å². The fraction of sp³-hybridized carbons (Fsp3) is 0.636. The Bertz CT molecular complexity index is 705. The van der Waals surface area contributed by atoms with E-state index in [1.54, 1.807) is 0 Å². The third-order valence-electron chi connectivity index (χ3n) is 5.92. The first-order chi connectivity index (χ1) is 14.2. The van der Waals surface area contributed by atoms with Gasteiger partial charge in [-0.3, -0.25) is 9.59 Å². The normalized spacial score (nSPS) is 24.7. The Labute approximate surface area is 174 Å². The van der Waals surface area contributed by atoms with Crippen LogP contribution in [-0.4, -0.2) is 50.5 Å². The van der Waals surface area contributed by atoms with E-state index in [1.807, 2.05) is 0 Å². The zero-order valence-corrected chi connectivity index (χ0v) is 16.8. The molecule has 2 rings (SSSR count). The summed E-state index contributed by atoms with van der Waals surface area (Å²) >= 11 is 0. The van der Waals surface area contributed by atoms with E-state index in [0.717, 1.165) is 31.4 Å². The molecule has 0 saturated heterocycles. The summed E-state index contributed by atoms with van der Waals surface area (Å²) in [4.78, 5) is 22.8. The van der Waals surface area contributed by atoms with Crippen molar-refractivity contribution in [3.8, 4) is 0 Å². The van der Waals surface area contributed by atoms with E-state index >= 15 is 0 Å². The lowest BCUT2D eigenvalue weighted by atomic mass is 9.84. The van der Waals surface area contributed by atoms with Crippen LogP contribution in [0.1, 0.15) is 68.1 Å². The molecule has 1 saturated carbocycles. The Morgan fingerprint density at radius 3 is 2.10 bits per heavy atom. The van der Waals surface area contributed by atoms with Crippen molar-refractivity contribution in [1.29, 1.82) is 0 Å². The van der Waals surface area contributed by atoms with E-state index in [1.165, 1.54) is 0 Å². The standard InChI is InChI=1S/C22H30F2O6/c23-14-9-13(10-15(24)11-14)22(30)18(25)8-7-17-16(19(26)12-20(17)27)5-3-1-2-4-6-21(28)29/h9-11,16-20,25-27H,1-8,12H2,(H,28,29)/t16-,17-,18?,19+,20-/m1/s1. The lowest BCUT2D eigenvalue weighted by Crippen LogP contribution is -2.26. The highest BCUT2D eigenvalue weighted by Gasteiger charge is 2.41. The quantitative estimate of drug-likeness (QED) is 0.300. The van der Waals surface area contributed by atoms with Gasteiger partial charge in [-0.15, -0.1) is 0 Å². The van der Waals surface area contributed by atoms with E-state index in [2.05, 4.69) is 0 Å². The number of halogens is 2. The molecule has 30 heavy (non-hydrogen) atoms. The summed E-state index contributed by atoms with van der Waals surface area (Å²) in [6, 6.07) is 2.39. The van der Waals surface area contributed by atoms with Crippen LogP contribution in [0.15, 0.2) is 18.2 Å². The SMILES string of the molecule is O=C(O)CCCCCC[C@@H]1[C@@H](CCC(O)C(=O)c2cc(F)cc(F)c2)[C@H](O)C[C@@H]1O. The first kappa shape index (κ1) is 24.4. The number of hydrogen-bond donors (Lipinski definition) is 4. The lowest BCUT2D eigenvalue weighted by molar-refractivity contribution is -0.137. The van der Waals surface area contributed by atoms with Crippen molar-refractivity contribution in [1.82, 2.24) is 0 Å². The molecule has 168 valence electrons. The third kappa shape index (κ3) is 7.11. The number of aliphatic hydroxyl groups excluding tert-OH is 3. The first-order valence-electron chi connectivity index (χ1n) is 10.4. The molecule has 1 aliphatic rings. The molecule has 0 bridgehead atoms. The Morgan fingerprint density at radius 2 is 1.50 bits per heavy atom. The summed E-state index contributed by atoms with van der Waals surface area (Å²) in [5, 5.41) is 39.4. The van der Waals surface area contributed by atoms with Crippen molar-refractivity contribution in [2.24, 2.45) is 11.8 Å². The van der Waals surface area contributed by atoms with Gasteiger partial charge in [-0.1, -0.05) is 19.3 Å². The van der Waals surface area contributed by atoms with Crippen LogP contribution in [0.2, 0.25) is 0 Å². The van der Waals surface area contributed by atoms with Crippen molar-refractivity contribution in [3.05, 3.63) is 35.4 Å². The minimum Gasteiger partial charge on any atom is -0.481 e. The molecule has 8 heteroatoms. The van der Waals surface area contributed by atoms with E-state index in [0.29, 0.717) is 25.3 Å². The second kappa shape index (κ2) is 11.5. The number of aliphatic hydroxyl groups is 3. The van der Waals surface area contributed by atoms with E-state index in [9.17, 15) is 33.7 Å². The summed E-state index contributed by atoms with van der Waals surface area (Å²) < 4.78 is 26.6. The van der Waals surface area contributed by atoms with Crippen LogP contribution in [0.25, 0.3) is 0 Å². The minimum absolute atomic E-state index is 0.0144. The fourth-order valence-electron chi connectivity index (χ4n) is 4.36. The molecule has 1 aromatic carbocycles. The molecule has 4 N–H and O–H groups in total. The van der Waals surface area contributed by atoms with Crippen molar-refractivity contribution < 1.29 is 38.8 Å². The molecule has 5 atom stereocenters. The Kier molecular flexibility index (Phi) is 9.33. The maximum Gasteiger partial charge on any atom is 0.303 e. The van der Waals surface area contributed by atoms with Gasteiger partial charge in [0.05, 0.1) is 12.2 Å². The molecule has 1 aliphatic carbocycles. The van der Waals surface area contributed by atoms with Gasteiger partial charge in [-0.05, 0) is 56.1 Å². The highest BCUT2D eigenvalue weighted by Crippen LogP contribution is 2.39. The summed E-state index contributed by atoms with van der Waals surface area (Å²) in [5.41, 5.74) is -0.245.